The lowest BCUT2D eigenvalue weighted by Crippen LogP contribution is -2.29. The molecule has 2 aromatic rings. The third-order valence-corrected chi connectivity index (χ3v) is 5.28. The maximum atomic E-state index is 11.7. The summed E-state index contributed by atoms with van der Waals surface area (Å²) in [6.45, 7) is 3.24. The van der Waals surface area contributed by atoms with Crippen LogP contribution in [-0.2, 0) is 14.6 Å². The molecule has 0 fully saturated rings. The van der Waals surface area contributed by atoms with Crippen LogP contribution in [0.15, 0.2) is 16.7 Å². The van der Waals surface area contributed by atoms with Crippen molar-refractivity contribution in [2.75, 3.05) is 6.26 Å². The second-order valence-electron chi connectivity index (χ2n) is 4.39. The van der Waals surface area contributed by atoms with E-state index < -0.39 is 14.6 Å². The van der Waals surface area contributed by atoms with Gasteiger partial charge in [0.1, 0.15) is 10.6 Å². The summed E-state index contributed by atoms with van der Waals surface area (Å²) in [4.78, 5) is 11.3. The Kier molecular flexibility index (Phi) is 2.78. The molecular weight excluding hydrogens is 306 g/mol. The Morgan fingerprint density at radius 3 is 2.65 bits per heavy atom. The number of sulfone groups is 1. The molecule has 0 saturated carbocycles. The van der Waals surface area contributed by atoms with Gasteiger partial charge in [-0.3, -0.25) is 0 Å². The van der Waals surface area contributed by atoms with Crippen molar-refractivity contribution in [2.45, 2.75) is 18.6 Å². The van der Waals surface area contributed by atoms with Crippen LogP contribution in [0.3, 0.4) is 0 Å². The standard InChI is InChI=1S/C10H12BrN3O2S/c1-10(2,17(3,15)16)9-13-7-4-6(11)5-12-8(7)14-9/h4-5H,1-3H3,(H,12,13,14). The largest absolute Gasteiger partial charge is 0.339 e. The molecule has 92 valence electrons. The number of hydrogen-bond acceptors (Lipinski definition) is 4. The van der Waals surface area contributed by atoms with E-state index >= 15 is 0 Å². The Balaban J connectivity index is 2.65. The van der Waals surface area contributed by atoms with Gasteiger partial charge in [0.05, 0.1) is 5.52 Å². The predicted molar refractivity (Wildman–Crippen MR) is 69.5 cm³/mol. The number of nitrogens with one attached hydrogen (secondary N) is 1. The third kappa shape index (κ3) is 2.09. The Morgan fingerprint density at radius 2 is 2.06 bits per heavy atom. The molecule has 0 aromatic carbocycles. The van der Waals surface area contributed by atoms with Crippen molar-refractivity contribution in [2.24, 2.45) is 0 Å². The first kappa shape index (κ1) is 12.5. The van der Waals surface area contributed by atoms with Gasteiger partial charge in [0, 0.05) is 16.9 Å². The highest BCUT2D eigenvalue weighted by Gasteiger charge is 2.35. The minimum atomic E-state index is -3.25. The molecule has 0 aliphatic heterocycles. The molecule has 2 rings (SSSR count). The number of hydrogen-bond donors (Lipinski definition) is 1. The Bertz CT molecular complexity index is 676. The summed E-state index contributed by atoms with van der Waals surface area (Å²) in [5, 5.41) is 0. The zero-order valence-electron chi connectivity index (χ0n) is 9.65. The highest BCUT2D eigenvalue weighted by atomic mass is 79.9. The van der Waals surface area contributed by atoms with Crippen molar-refractivity contribution in [3.8, 4) is 0 Å². The van der Waals surface area contributed by atoms with E-state index in [0.717, 1.165) is 4.47 Å². The third-order valence-electron chi connectivity index (χ3n) is 2.80. The van der Waals surface area contributed by atoms with E-state index in [1.165, 1.54) is 6.26 Å². The van der Waals surface area contributed by atoms with E-state index in [2.05, 4.69) is 30.9 Å². The van der Waals surface area contributed by atoms with Crippen molar-refractivity contribution in [1.82, 2.24) is 15.0 Å². The number of H-pyrrole nitrogens is 1. The van der Waals surface area contributed by atoms with Crippen LogP contribution in [0, 0.1) is 0 Å². The van der Waals surface area contributed by atoms with E-state index in [0.29, 0.717) is 17.0 Å². The van der Waals surface area contributed by atoms with Gasteiger partial charge >= 0.3 is 0 Å². The van der Waals surface area contributed by atoms with E-state index in [-0.39, 0.29) is 0 Å². The van der Waals surface area contributed by atoms with Gasteiger partial charge in [-0.2, -0.15) is 0 Å². The molecule has 0 radical (unpaired) electrons. The summed E-state index contributed by atoms with van der Waals surface area (Å²) in [6.07, 6.45) is 2.82. The summed E-state index contributed by atoms with van der Waals surface area (Å²) in [5.74, 6) is 0.403. The number of fused-ring (bicyclic) bond motifs is 1. The first-order valence-electron chi connectivity index (χ1n) is 4.93. The number of pyridine rings is 1. The molecular formula is C10H12BrN3O2S. The smallest absolute Gasteiger partial charge is 0.177 e. The summed E-state index contributed by atoms with van der Waals surface area (Å²) in [6, 6.07) is 1.82. The topological polar surface area (TPSA) is 75.7 Å². The maximum absolute atomic E-state index is 11.7. The molecule has 17 heavy (non-hydrogen) atoms. The van der Waals surface area contributed by atoms with Crippen molar-refractivity contribution in [3.05, 3.63) is 22.6 Å². The van der Waals surface area contributed by atoms with Gasteiger partial charge in [-0.05, 0) is 35.8 Å². The monoisotopic (exact) mass is 317 g/mol. The number of rotatable bonds is 2. The van der Waals surface area contributed by atoms with Crippen molar-refractivity contribution < 1.29 is 8.42 Å². The molecule has 5 nitrogen and oxygen atoms in total. The minimum absolute atomic E-state index is 0.403. The Labute approximate surface area is 108 Å². The molecule has 0 spiro atoms. The summed E-state index contributed by atoms with van der Waals surface area (Å²) in [5.41, 5.74) is 1.23. The van der Waals surface area contributed by atoms with E-state index in [1.807, 2.05) is 6.07 Å². The molecule has 1 N–H and O–H groups in total. The van der Waals surface area contributed by atoms with Gasteiger partial charge in [0.25, 0.3) is 0 Å². The Morgan fingerprint density at radius 1 is 1.41 bits per heavy atom. The molecule has 2 heterocycles. The van der Waals surface area contributed by atoms with Gasteiger partial charge in [-0.25, -0.2) is 18.4 Å². The Hall–Kier alpha value is -0.950. The number of aromatic nitrogens is 3. The van der Waals surface area contributed by atoms with Crippen LogP contribution in [0.2, 0.25) is 0 Å². The predicted octanol–water partition coefficient (Wildman–Crippen LogP) is 2.00. The lowest BCUT2D eigenvalue weighted by Gasteiger charge is -2.19. The van der Waals surface area contributed by atoms with Gasteiger partial charge in [-0.1, -0.05) is 0 Å². The molecule has 7 heteroatoms. The van der Waals surface area contributed by atoms with E-state index in [4.69, 9.17) is 0 Å². The summed E-state index contributed by atoms with van der Waals surface area (Å²) in [7, 11) is -3.25. The van der Waals surface area contributed by atoms with Crippen molar-refractivity contribution >= 4 is 36.9 Å². The molecule has 0 aliphatic carbocycles. The van der Waals surface area contributed by atoms with Crippen LogP contribution in [-0.4, -0.2) is 29.6 Å². The molecule has 0 unspecified atom stereocenters. The zero-order chi connectivity index (χ0) is 12.8. The molecule has 0 amide bonds. The number of nitrogens with zero attached hydrogens (tertiary/aromatic N) is 2. The SMILES string of the molecule is CC(C)(c1nc2ncc(Br)cc2[nH]1)S(C)(=O)=O. The fourth-order valence-corrected chi connectivity index (χ4v) is 2.11. The minimum Gasteiger partial charge on any atom is -0.339 e. The lowest BCUT2D eigenvalue weighted by molar-refractivity contribution is 0.552. The average Bonchev–Trinajstić information content (AvgIpc) is 2.58. The van der Waals surface area contributed by atoms with Crippen LogP contribution in [0.1, 0.15) is 19.7 Å². The first-order chi connectivity index (χ1) is 7.72. The summed E-state index contributed by atoms with van der Waals surface area (Å²) < 4.78 is 23.2. The fourth-order valence-electron chi connectivity index (χ4n) is 1.34. The second-order valence-corrected chi connectivity index (χ2v) is 7.87. The van der Waals surface area contributed by atoms with Crippen LogP contribution < -0.4 is 0 Å². The van der Waals surface area contributed by atoms with Gasteiger partial charge < -0.3 is 4.98 Å². The van der Waals surface area contributed by atoms with Crippen LogP contribution >= 0.6 is 15.9 Å². The van der Waals surface area contributed by atoms with Crippen LogP contribution in [0.25, 0.3) is 11.2 Å². The molecule has 0 saturated heterocycles. The van der Waals surface area contributed by atoms with Crippen molar-refractivity contribution in [1.29, 1.82) is 0 Å². The zero-order valence-corrected chi connectivity index (χ0v) is 12.1. The quantitative estimate of drug-likeness (QED) is 0.919. The molecule has 0 bridgehead atoms. The van der Waals surface area contributed by atoms with E-state index in [1.54, 1.807) is 20.0 Å². The fraction of sp³-hybridized carbons (Fsp3) is 0.400. The van der Waals surface area contributed by atoms with Crippen LogP contribution in [0.4, 0.5) is 0 Å². The highest BCUT2D eigenvalue weighted by Crippen LogP contribution is 2.28. The normalized spacial score (nSPS) is 13.2. The first-order valence-corrected chi connectivity index (χ1v) is 7.61. The van der Waals surface area contributed by atoms with Crippen LogP contribution in [0.5, 0.6) is 0 Å². The van der Waals surface area contributed by atoms with Gasteiger partial charge in [0.15, 0.2) is 15.5 Å². The molecule has 0 atom stereocenters. The second kappa shape index (κ2) is 3.78. The summed E-state index contributed by atoms with van der Waals surface area (Å²) >= 11 is 3.30. The average molecular weight is 318 g/mol. The number of imidazole rings is 1. The molecule has 0 aliphatic rings. The van der Waals surface area contributed by atoms with Gasteiger partial charge in [0.2, 0.25) is 0 Å². The molecule has 2 aromatic heterocycles. The van der Waals surface area contributed by atoms with Gasteiger partial charge in [-0.15, -0.1) is 0 Å². The van der Waals surface area contributed by atoms with Crippen molar-refractivity contribution in [3.63, 3.8) is 0 Å². The lowest BCUT2D eigenvalue weighted by atomic mass is 10.2. The highest BCUT2D eigenvalue weighted by molar-refractivity contribution is 9.10. The number of halogens is 1. The number of aromatic amines is 1. The van der Waals surface area contributed by atoms with E-state index in [9.17, 15) is 8.42 Å². The maximum Gasteiger partial charge on any atom is 0.177 e.